The molecule has 6 heteroatoms. The molecule has 0 saturated carbocycles. The van der Waals surface area contributed by atoms with Gasteiger partial charge in [0.15, 0.2) is 0 Å². The van der Waals surface area contributed by atoms with E-state index in [2.05, 4.69) is 33.3 Å². The zero-order valence-electron chi connectivity index (χ0n) is 12.2. The fraction of sp³-hybridized carbons (Fsp3) is 0.769. The van der Waals surface area contributed by atoms with Crippen LogP contribution in [-0.4, -0.2) is 49.3 Å². The van der Waals surface area contributed by atoms with E-state index in [0.29, 0.717) is 19.8 Å². The Labute approximate surface area is 123 Å². The van der Waals surface area contributed by atoms with Crippen molar-refractivity contribution >= 4 is 15.9 Å². The van der Waals surface area contributed by atoms with Crippen molar-refractivity contribution in [3.05, 3.63) is 15.9 Å². The Morgan fingerprint density at radius 3 is 2.68 bits per heavy atom. The average Bonchev–Trinajstić information content (AvgIpc) is 2.61. The van der Waals surface area contributed by atoms with Gasteiger partial charge in [-0.1, -0.05) is 6.92 Å². The number of hydrogen-bond donors (Lipinski definition) is 1. The van der Waals surface area contributed by atoms with Crippen molar-refractivity contribution in [2.75, 3.05) is 33.5 Å². The highest BCUT2D eigenvalue weighted by molar-refractivity contribution is 9.10. The smallest absolute Gasteiger partial charge is 0.0738 e. The van der Waals surface area contributed by atoms with E-state index >= 15 is 0 Å². The maximum absolute atomic E-state index is 5.62. The van der Waals surface area contributed by atoms with Crippen LogP contribution < -0.4 is 5.32 Å². The first-order chi connectivity index (χ1) is 9.10. The number of likely N-dealkylation sites (N-methyl/N-ethyl adjacent to an activating group) is 1. The lowest BCUT2D eigenvalue weighted by Gasteiger charge is -2.18. The molecule has 1 aromatic heterocycles. The van der Waals surface area contributed by atoms with E-state index in [1.54, 1.807) is 7.11 Å². The molecule has 1 rings (SSSR count). The number of halogens is 1. The van der Waals surface area contributed by atoms with Gasteiger partial charge in [-0.2, -0.15) is 5.10 Å². The molecular formula is C13H24BrN3O2. The molecule has 110 valence electrons. The van der Waals surface area contributed by atoms with Crippen molar-refractivity contribution < 1.29 is 9.47 Å². The molecule has 0 aromatic carbocycles. The molecule has 1 unspecified atom stereocenters. The van der Waals surface area contributed by atoms with Crippen molar-refractivity contribution in [3.8, 4) is 0 Å². The van der Waals surface area contributed by atoms with Gasteiger partial charge in [-0.25, -0.2) is 0 Å². The van der Waals surface area contributed by atoms with Crippen molar-refractivity contribution in [2.45, 2.75) is 26.3 Å². The van der Waals surface area contributed by atoms with E-state index in [0.717, 1.165) is 23.1 Å². The standard InChI is InChI=1S/C13H24BrN3O2/c1-5-15-11(9-19-7-6-18-4)8-12-13(14)10(2)16-17(12)3/h11,15H,5-9H2,1-4H3. The second-order valence-electron chi connectivity index (χ2n) is 4.50. The predicted molar refractivity (Wildman–Crippen MR) is 79.5 cm³/mol. The Bertz CT molecular complexity index is 382. The summed E-state index contributed by atoms with van der Waals surface area (Å²) >= 11 is 3.60. The van der Waals surface area contributed by atoms with Crippen LogP contribution in [0, 0.1) is 6.92 Å². The summed E-state index contributed by atoms with van der Waals surface area (Å²) in [6.45, 7) is 6.97. The average molecular weight is 334 g/mol. The molecule has 0 saturated heterocycles. The van der Waals surface area contributed by atoms with E-state index in [1.165, 1.54) is 5.69 Å². The normalized spacial score (nSPS) is 12.9. The summed E-state index contributed by atoms with van der Waals surface area (Å²) in [6.07, 6.45) is 0.888. The molecule has 1 atom stereocenters. The van der Waals surface area contributed by atoms with E-state index in [4.69, 9.17) is 9.47 Å². The summed E-state index contributed by atoms with van der Waals surface area (Å²) in [7, 11) is 3.66. The molecule has 1 N–H and O–H groups in total. The Balaban J connectivity index is 2.56. The van der Waals surface area contributed by atoms with Crippen LogP contribution in [0.25, 0.3) is 0 Å². The zero-order valence-corrected chi connectivity index (χ0v) is 13.8. The minimum Gasteiger partial charge on any atom is -0.382 e. The lowest BCUT2D eigenvalue weighted by atomic mass is 10.1. The third-order valence-electron chi connectivity index (χ3n) is 2.95. The lowest BCUT2D eigenvalue weighted by molar-refractivity contribution is 0.0587. The molecular weight excluding hydrogens is 310 g/mol. The van der Waals surface area contributed by atoms with Crippen LogP contribution in [0.15, 0.2) is 4.47 Å². The van der Waals surface area contributed by atoms with E-state index in [1.807, 2.05) is 18.7 Å². The topological polar surface area (TPSA) is 48.3 Å². The van der Waals surface area contributed by atoms with Gasteiger partial charge in [-0.3, -0.25) is 4.68 Å². The molecule has 0 fully saturated rings. The Morgan fingerprint density at radius 1 is 1.42 bits per heavy atom. The summed E-state index contributed by atoms with van der Waals surface area (Å²) in [5.41, 5.74) is 2.21. The molecule has 0 spiro atoms. The number of hydrogen-bond acceptors (Lipinski definition) is 4. The number of aromatic nitrogens is 2. The molecule has 19 heavy (non-hydrogen) atoms. The fourth-order valence-corrected chi connectivity index (χ4v) is 2.48. The first-order valence-corrected chi connectivity index (χ1v) is 7.37. The number of nitrogens with one attached hydrogen (secondary N) is 1. The SMILES string of the molecule is CCNC(COCCOC)Cc1c(Br)c(C)nn1C. The summed E-state index contributed by atoms with van der Waals surface area (Å²) in [4.78, 5) is 0. The van der Waals surface area contributed by atoms with Gasteiger partial charge in [0.1, 0.15) is 0 Å². The fourth-order valence-electron chi connectivity index (χ4n) is 1.98. The van der Waals surface area contributed by atoms with Gasteiger partial charge in [0, 0.05) is 26.6 Å². The minimum atomic E-state index is 0.285. The maximum Gasteiger partial charge on any atom is 0.0738 e. The van der Waals surface area contributed by atoms with Crippen molar-refractivity contribution in [3.63, 3.8) is 0 Å². The van der Waals surface area contributed by atoms with Crippen molar-refractivity contribution in [2.24, 2.45) is 7.05 Å². The molecule has 0 aliphatic heterocycles. The highest BCUT2D eigenvalue weighted by atomic mass is 79.9. The summed E-state index contributed by atoms with van der Waals surface area (Å²) in [5.74, 6) is 0. The molecule has 5 nitrogen and oxygen atoms in total. The predicted octanol–water partition coefficient (Wildman–Crippen LogP) is 1.67. The first-order valence-electron chi connectivity index (χ1n) is 6.58. The van der Waals surface area contributed by atoms with E-state index < -0.39 is 0 Å². The summed E-state index contributed by atoms with van der Waals surface area (Å²) < 4.78 is 13.6. The first kappa shape index (κ1) is 16.6. The zero-order chi connectivity index (χ0) is 14.3. The third kappa shape index (κ3) is 5.22. The monoisotopic (exact) mass is 333 g/mol. The molecule has 0 aliphatic rings. The molecule has 0 aliphatic carbocycles. The molecule has 0 radical (unpaired) electrons. The van der Waals surface area contributed by atoms with E-state index in [9.17, 15) is 0 Å². The molecule has 0 amide bonds. The minimum absolute atomic E-state index is 0.285. The lowest BCUT2D eigenvalue weighted by Crippen LogP contribution is -2.36. The second kappa shape index (κ2) is 8.68. The number of methoxy groups -OCH3 is 1. The van der Waals surface area contributed by atoms with Crippen LogP contribution in [0.1, 0.15) is 18.3 Å². The maximum atomic E-state index is 5.62. The summed E-state index contributed by atoms with van der Waals surface area (Å²) in [6, 6.07) is 0.285. The second-order valence-corrected chi connectivity index (χ2v) is 5.29. The highest BCUT2D eigenvalue weighted by Gasteiger charge is 2.16. The summed E-state index contributed by atoms with van der Waals surface area (Å²) in [5, 5.41) is 7.86. The van der Waals surface area contributed by atoms with Gasteiger partial charge < -0.3 is 14.8 Å². The van der Waals surface area contributed by atoms with Gasteiger partial charge in [-0.15, -0.1) is 0 Å². The van der Waals surface area contributed by atoms with Crippen LogP contribution in [0.2, 0.25) is 0 Å². The Hall–Kier alpha value is -0.430. The van der Waals surface area contributed by atoms with Crippen molar-refractivity contribution in [1.82, 2.24) is 15.1 Å². The van der Waals surface area contributed by atoms with Gasteiger partial charge in [0.05, 0.1) is 35.7 Å². The van der Waals surface area contributed by atoms with Crippen LogP contribution in [0.4, 0.5) is 0 Å². The quantitative estimate of drug-likeness (QED) is 0.698. The van der Waals surface area contributed by atoms with Gasteiger partial charge in [0.25, 0.3) is 0 Å². The van der Waals surface area contributed by atoms with Crippen LogP contribution in [0.3, 0.4) is 0 Å². The van der Waals surface area contributed by atoms with Gasteiger partial charge in [0.2, 0.25) is 0 Å². The Morgan fingerprint density at radius 2 is 2.16 bits per heavy atom. The largest absolute Gasteiger partial charge is 0.382 e. The Kier molecular flexibility index (Phi) is 7.60. The molecule has 0 bridgehead atoms. The molecule has 1 aromatic rings. The highest BCUT2D eigenvalue weighted by Crippen LogP contribution is 2.21. The third-order valence-corrected chi connectivity index (χ3v) is 3.98. The van der Waals surface area contributed by atoms with E-state index in [-0.39, 0.29) is 6.04 Å². The van der Waals surface area contributed by atoms with Crippen LogP contribution in [0.5, 0.6) is 0 Å². The number of aryl methyl sites for hydroxylation is 2. The number of rotatable bonds is 9. The van der Waals surface area contributed by atoms with Gasteiger partial charge in [-0.05, 0) is 29.4 Å². The number of nitrogens with zero attached hydrogens (tertiary/aromatic N) is 2. The number of ether oxygens (including phenoxy) is 2. The van der Waals surface area contributed by atoms with Crippen molar-refractivity contribution in [1.29, 1.82) is 0 Å². The molecule has 1 heterocycles. The van der Waals surface area contributed by atoms with Crippen LogP contribution >= 0.6 is 15.9 Å². The van der Waals surface area contributed by atoms with Gasteiger partial charge >= 0.3 is 0 Å². The van der Waals surface area contributed by atoms with Crippen LogP contribution in [-0.2, 0) is 22.9 Å².